The molecule has 0 spiro atoms. The van der Waals surface area contributed by atoms with E-state index in [1.807, 2.05) is 31.2 Å². The van der Waals surface area contributed by atoms with Crippen LogP contribution < -0.4 is 19.7 Å². The van der Waals surface area contributed by atoms with Gasteiger partial charge in [0.25, 0.3) is 0 Å². The molecule has 1 unspecified atom stereocenters. The molecule has 27 heavy (non-hydrogen) atoms. The molecule has 7 heteroatoms. The maximum Gasteiger partial charge on any atom is 0.229 e. The molecule has 1 aliphatic rings. The molecule has 0 saturated carbocycles. The number of anilines is 2. The number of hydrogen-bond donors (Lipinski definition) is 1. The number of carbonyl (C=O) groups excluding carboxylic acids is 2. The molecule has 0 bridgehead atoms. The van der Waals surface area contributed by atoms with Gasteiger partial charge in [-0.2, -0.15) is 0 Å². The standard InChI is InChI=1S/C20H21ClN2O4/c1-12-5-4-6-14(7-12)22-20(25)13-8-19(24)23(11-13)16-10-17(26-2)15(21)9-18(16)27-3/h4-7,9-10,13H,8,11H2,1-3H3,(H,22,25). The number of nitrogens with one attached hydrogen (secondary N) is 1. The highest BCUT2D eigenvalue weighted by atomic mass is 35.5. The van der Waals surface area contributed by atoms with Gasteiger partial charge in [-0.1, -0.05) is 23.7 Å². The van der Waals surface area contributed by atoms with E-state index < -0.39 is 5.92 Å². The van der Waals surface area contributed by atoms with Gasteiger partial charge in [0.2, 0.25) is 11.8 Å². The molecule has 0 aliphatic carbocycles. The van der Waals surface area contributed by atoms with Crippen molar-refractivity contribution in [2.45, 2.75) is 13.3 Å². The second-order valence-electron chi connectivity index (χ2n) is 6.42. The number of methoxy groups -OCH3 is 2. The summed E-state index contributed by atoms with van der Waals surface area (Å²) in [4.78, 5) is 26.7. The fourth-order valence-electron chi connectivity index (χ4n) is 3.14. The Bertz CT molecular complexity index is 884. The van der Waals surface area contributed by atoms with Crippen molar-refractivity contribution in [1.82, 2.24) is 0 Å². The molecule has 1 atom stereocenters. The third-order valence-corrected chi connectivity index (χ3v) is 4.82. The van der Waals surface area contributed by atoms with Crippen molar-refractivity contribution in [3.63, 3.8) is 0 Å². The van der Waals surface area contributed by atoms with Gasteiger partial charge >= 0.3 is 0 Å². The molecule has 3 rings (SSSR count). The van der Waals surface area contributed by atoms with Crippen molar-refractivity contribution in [3.8, 4) is 11.5 Å². The van der Waals surface area contributed by atoms with E-state index in [9.17, 15) is 9.59 Å². The zero-order valence-corrected chi connectivity index (χ0v) is 16.2. The Balaban J connectivity index is 1.80. The molecule has 142 valence electrons. The van der Waals surface area contributed by atoms with Crippen molar-refractivity contribution >= 4 is 34.8 Å². The van der Waals surface area contributed by atoms with Crippen LogP contribution in [0.3, 0.4) is 0 Å². The lowest BCUT2D eigenvalue weighted by molar-refractivity contribution is -0.122. The Morgan fingerprint density at radius 3 is 2.59 bits per heavy atom. The number of amides is 2. The van der Waals surface area contributed by atoms with E-state index in [1.165, 1.54) is 19.1 Å². The van der Waals surface area contributed by atoms with Gasteiger partial charge in [-0.25, -0.2) is 0 Å². The van der Waals surface area contributed by atoms with Gasteiger partial charge in [-0.3, -0.25) is 9.59 Å². The number of halogens is 1. The van der Waals surface area contributed by atoms with E-state index in [4.69, 9.17) is 21.1 Å². The zero-order chi connectivity index (χ0) is 19.6. The first kappa shape index (κ1) is 19.0. The van der Waals surface area contributed by atoms with Crippen LogP contribution in [0.25, 0.3) is 0 Å². The molecular formula is C20H21ClN2O4. The third-order valence-electron chi connectivity index (χ3n) is 4.53. The molecule has 1 fully saturated rings. The Morgan fingerprint density at radius 2 is 1.93 bits per heavy atom. The van der Waals surface area contributed by atoms with Gasteiger partial charge in [-0.05, 0) is 24.6 Å². The maximum atomic E-state index is 12.6. The molecule has 1 saturated heterocycles. The summed E-state index contributed by atoms with van der Waals surface area (Å²) in [5, 5.41) is 3.27. The van der Waals surface area contributed by atoms with Gasteiger partial charge in [0.1, 0.15) is 11.5 Å². The summed E-state index contributed by atoms with van der Waals surface area (Å²) in [6.45, 7) is 2.22. The number of carbonyl (C=O) groups is 2. The molecule has 2 amide bonds. The first-order valence-corrected chi connectivity index (χ1v) is 8.90. The first-order chi connectivity index (χ1) is 12.9. The third kappa shape index (κ3) is 4.01. The summed E-state index contributed by atoms with van der Waals surface area (Å²) in [5.41, 5.74) is 2.31. The quantitative estimate of drug-likeness (QED) is 0.848. The number of hydrogen-bond acceptors (Lipinski definition) is 4. The van der Waals surface area contributed by atoms with Crippen LogP contribution >= 0.6 is 11.6 Å². The van der Waals surface area contributed by atoms with Gasteiger partial charge in [-0.15, -0.1) is 0 Å². The number of rotatable bonds is 5. The lowest BCUT2D eigenvalue weighted by Gasteiger charge is -2.21. The molecule has 2 aromatic carbocycles. The van der Waals surface area contributed by atoms with Crippen LogP contribution in [0.2, 0.25) is 5.02 Å². The topological polar surface area (TPSA) is 67.9 Å². The maximum absolute atomic E-state index is 12.6. The summed E-state index contributed by atoms with van der Waals surface area (Å²) in [5.74, 6) is 0.102. The van der Waals surface area contributed by atoms with E-state index in [-0.39, 0.29) is 24.8 Å². The highest BCUT2D eigenvalue weighted by Crippen LogP contribution is 2.40. The molecule has 0 radical (unpaired) electrons. The van der Waals surface area contributed by atoms with E-state index in [0.717, 1.165) is 11.3 Å². The molecule has 0 aromatic heterocycles. The molecule has 1 aliphatic heterocycles. The Morgan fingerprint density at radius 1 is 1.19 bits per heavy atom. The fraction of sp³-hybridized carbons (Fsp3) is 0.300. The van der Waals surface area contributed by atoms with Crippen molar-refractivity contribution in [2.75, 3.05) is 31.0 Å². The number of ether oxygens (including phenoxy) is 2. The zero-order valence-electron chi connectivity index (χ0n) is 15.4. The summed E-state index contributed by atoms with van der Waals surface area (Å²) in [7, 11) is 3.01. The molecule has 6 nitrogen and oxygen atoms in total. The Hall–Kier alpha value is -2.73. The lowest BCUT2D eigenvalue weighted by atomic mass is 10.1. The van der Waals surface area contributed by atoms with Crippen LogP contribution in [-0.2, 0) is 9.59 Å². The minimum Gasteiger partial charge on any atom is -0.495 e. The number of benzene rings is 2. The predicted molar refractivity (Wildman–Crippen MR) is 105 cm³/mol. The van der Waals surface area contributed by atoms with Gasteiger partial charge < -0.3 is 19.7 Å². The van der Waals surface area contributed by atoms with E-state index in [0.29, 0.717) is 22.2 Å². The van der Waals surface area contributed by atoms with Crippen LogP contribution in [0.1, 0.15) is 12.0 Å². The van der Waals surface area contributed by atoms with Crippen molar-refractivity contribution < 1.29 is 19.1 Å². The summed E-state index contributed by atoms with van der Waals surface area (Å²) >= 11 is 6.13. The van der Waals surface area contributed by atoms with E-state index in [2.05, 4.69) is 5.32 Å². The SMILES string of the molecule is COc1cc(N2CC(C(=O)Nc3cccc(C)c3)CC2=O)c(OC)cc1Cl. The largest absolute Gasteiger partial charge is 0.495 e. The van der Waals surface area contributed by atoms with Gasteiger partial charge in [0.05, 0.1) is 30.8 Å². The van der Waals surface area contributed by atoms with Gasteiger partial charge in [0.15, 0.2) is 0 Å². The second kappa shape index (κ2) is 7.88. The van der Waals surface area contributed by atoms with E-state index >= 15 is 0 Å². The number of aryl methyl sites for hydroxylation is 1. The molecular weight excluding hydrogens is 368 g/mol. The average Bonchev–Trinajstić information content (AvgIpc) is 3.03. The van der Waals surface area contributed by atoms with Crippen LogP contribution in [0.15, 0.2) is 36.4 Å². The summed E-state index contributed by atoms with van der Waals surface area (Å²) < 4.78 is 10.6. The van der Waals surface area contributed by atoms with Crippen molar-refractivity contribution in [1.29, 1.82) is 0 Å². The van der Waals surface area contributed by atoms with Crippen LogP contribution in [-0.4, -0.2) is 32.6 Å². The van der Waals surface area contributed by atoms with Gasteiger partial charge in [0, 0.05) is 30.8 Å². The van der Waals surface area contributed by atoms with Crippen LogP contribution in [0.5, 0.6) is 11.5 Å². The minimum atomic E-state index is -0.454. The molecule has 2 aromatic rings. The summed E-state index contributed by atoms with van der Waals surface area (Å²) in [6.07, 6.45) is 0.131. The van der Waals surface area contributed by atoms with Crippen molar-refractivity contribution in [3.05, 3.63) is 47.0 Å². The lowest BCUT2D eigenvalue weighted by Crippen LogP contribution is -2.28. The van der Waals surface area contributed by atoms with Crippen LogP contribution in [0, 0.1) is 12.8 Å². The van der Waals surface area contributed by atoms with Crippen molar-refractivity contribution in [2.24, 2.45) is 5.92 Å². The molecule has 1 heterocycles. The highest BCUT2D eigenvalue weighted by molar-refractivity contribution is 6.32. The normalized spacial score (nSPS) is 16.4. The second-order valence-corrected chi connectivity index (χ2v) is 6.83. The fourth-order valence-corrected chi connectivity index (χ4v) is 3.37. The first-order valence-electron chi connectivity index (χ1n) is 8.52. The Labute approximate surface area is 163 Å². The average molecular weight is 389 g/mol. The molecule has 1 N–H and O–H groups in total. The van der Waals surface area contributed by atoms with Crippen LogP contribution in [0.4, 0.5) is 11.4 Å². The smallest absolute Gasteiger partial charge is 0.229 e. The number of nitrogens with zero attached hydrogens (tertiary/aromatic N) is 1. The monoisotopic (exact) mass is 388 g/mol. The summed E-state index contributed by atoms with van der Waals surface area (Å²) in [6, 6.07) is 10.8. The highest BCUT2D eigenvalue weighted by Gasteiger charge is 2.36. The minimum absolute atomic E-state index is 0.131. The predicted octanol–water partition coefficient (Wildman–Crippen LogP) is 3.66. The van der Waals surface area contributed by atoms with E-state index in [1.54, 1.807) is 12.1 Å². The Kier molecular flexibility index (Phi) is 5.56.